The Morgan fingerprint density at radius 2 is 1.47 bits per heavy atom. The molecule has 0 aromatic heterocycles. The Labute approximate surface area is 99.9 Å². The molecule has 2 atom stereocenters. The SMILES string of the molecule is CC(O)N(c1ccc(S(=O)(=O)O)cc1)C(C)O. The topological polar surface area (TPSA) is 98.1 Å². The van der Waals surface area contributed by atoms with Crippen LogP contribution in [-0.2, 0) is 10.1 Å². The number of aliphatic hydroxyl groups is 2. The highest BCUT2D eigenvalue weighted by Crippen LogP contribution is 2.20. The first-order valence-corrected chi connectivity index (χ1v) is 6.39. The van der Waals surface area contributed by atoms with Crippen molar-refractivity contribution < 1.29 is 23.2 Å². The molecule has 0 fully saturated rings. The molecular formula is C10H15NO5S. The Kier molecular flexibility index (Phi) is 4.10. The van der Waals surface area contributed by atoms with Crippen molar-refractivity contribution in [2.24, 2.45) is 0 Å². The van der Waals surface area contributed by atoms with Crippen LogP contribution >= 0.6 is 0 Å². The average Bonchev–Trinajstić information content (AvgIpc) is 2.15. The summed E-state index contributed by atoms with van der Waals surface area (Å²) in [6.07, 6.45) is -1.85. The molecular weight excluding hydrogens is 246 g/mol. The lowest BCUT2D eigenvalue weighted by Crippen LogP contribution is -2.40. The summed E-state index contributed by atoms with van der Waals surface area (Å²) in [7, 11) is -4.23. The summed E-state index contributed by atoms with van der Waals surface area (Å²) in [4.78, 5) is 1.05. The first-order chi connectivity index (χ1) is 7.73. The van der Waals surface area contributed by atoms with Crippen LogP contribution in [0, 0.1) is 0 Å². The van der Waals surface area contributed by atoms with Gasteiger partial charge in [0.2, 0.25) is 0 Å². The fourth-order valence-corrected chi connectivity index (χ4v) is 2.01. The summed E-state index contributed by atoms with van der Waals surface area (Å²) in [6, 6.07) is 5.18. The van der Waals surface area contributed by atoms with Gasteiger partial charge in [-0.1, -0.05) is 0 Å². The summed E-state index contributed by atoms with van der Waals surface area (Å²) in [5.41, 5.74) is 0.447. The van der Waals surface area contributed by atoms with Crippen LogP contribution < -0.4 is 4.90 Å². The zero-order valence-corrected chi connectivity index (χ0v) is 10.3. The molecule has 0 bridgehead atoms. The van der Waals surface area contributed by atoms with Gasteiger partial charge in [-0.2, -0.15) is 8.42 Å². The van der Waals surface area contributed by atoms with Gasteiger partial charge in [-0.05, 0) is 38.1 Å². The Bertz CT molecular complexity index is 458. The van der Waals surface area contributed by atoms with Gasteiger partial charge in [-0.15, -0.1) is 0 Å². The summed E-state index contributed by atoms with van der Waals surface area (Å²) in [5.74, 6) is 0. The molecule has 0 radical (unpaired) electrons. The highest BCUT2D eigenvalue weighted by atomic mass is 32.2. The first kappa shape index (κ1) is 13.9. The number of rotatable bonds is 4. The van der Waals surface area contributed by atoms with E-state index in [2.05, 4.69) is 0 Å². The fraction of sp³-hybridized carbons (Fsp3) is 0.400. The Morgan fingerprint density at radius 3 is 1.76 bits per heavy atom. The molecule has 0 heterocycles. The second-order valence-corrected chi connectivity index (χ2v) is 5.06. The van der Waals surface area contributed by atoms with Crippen molar-refractivity contribution in [3.63, 3.8) is 0 Å². The lowest BCUT2D eigenvalue weighted by atomic mass is 10.2. The van der Waals surface area contributed by atoms with Gasteiger partial charge in [-0.3, -0.25) is 4.55 Å². The molecule has 0 amide bonds. The maximum absolute atomic E-state index is 10.8. The summed E-state index contributed by atoms with van der Waals surface area (Å²) < 4.78 is 30.4. The van der Waals surface area contributed by atoms with Crippen molar-refractivity contribution in [1.82, 2.24) is 0 Å². The highest BCUT2D eigenvalue weighted by molar-refractivity contribution is 7.85. The van der Waals surface area contributed by atoms with Crippen molar-refractivity contribution in [3.05, 3.63) is 24.3 Å². The smallest absolute Gasteiger partial charge is 0.294 e. The van der Waals surface area contributed by atoms with Crippen molar-refractivity contribution in [2.45, 2.75) is 31.2 Å². The fourth-order valence-electron chi connectivity index (χ4n) is 1.53. The monoisotopic (exact) mass is 261 g/mol. The van der Waals surface area contributed by atoms with Gasteiger partial charge >= 0.3 is 0 Å². The predicted octanol–water partition coefficient (Wildman–Crippen LogP) is 0.416. The van der Waals surface area contributed by atoms with Crippen LogP contribution in [0.5, 0.6) is 0 Å². The van der Waals surface area contributed by atoms with Crippen LogP contribution in [0.4, 0.5) is 5.69 Å². The van der Waals surface area contributed by atoms with Crippen molar-refractivity contribution in [1.29, 1.82) is 0 Å². The van der Waals surface area contributed by atoms with Crippen molar-refractivity contribution in [3.8, 4) is 0 Å². The third-order valence-electron chi connectivity index (χ3n) is 2.24. The van der Waals surface area contributed by atoms with E-state index in [-0.39, 0.29) is 4.90 Å². The number of hydrogen-bond donors (Lipinski definition) is 3. The summed E-state index contributed by atoms with van der Waals surface area (Å²) >= 11 is 0. The van der Waals surface area contributed by atoms with Gasteiger partial charge in [0.25, 0.3) is 10.1 Å². The van der Waals surface area contributed by atoms with Gasteiger partial charge in [0, 0.05) is 5.69 Å². The molecule has 0 aliphatic carbocycles. The average molecular weight is 261 g/mol. The third kappa shape index (κ3) is 3.40. The number of aliphatic hydroxyl groups excluding tert-OH is 2. The number of benzene rings is 1. The van der Waals surface area contributed by atoms with E-state index in [4.69, 9.17) is 4.55 Å². The Morgan fingerprint density at radius 1 is 1.06 bits per heavy atom. The maximum Gasteiger partial charge on any atom is 0.294 e. The quantitative estimate of drug-likeness (QED) is 0.536. The minimum Gasteiger partial charge on any atom is -0.374 e. The van der Waals surface area contributed by atoms with Gasteiger partial charge in [-0.25, -0.2) is 0 Å². The minimum absolute atomic E-state index is 0.239. The Hall–Kier alpha value is -1.15. The van der Waals surface area contributed by atoms with Crippen LogP contribution in [0.1, 0.15) is 13.8 Å². The number of hydrogen-bond acceptors (Lipinski definition) is 5. The molecule has 0 spiro atoms. The van der Waals surface area contributed by atoms with E-state index in [1.807, 2.05) is 0 Å². The van der Waals surface area contributed by atoms with E-state index in [9.17, 15) is 18.6 Å². The molecule has 0 saturated heterocycles. The first-order valence-electron chi connectivity index (χ1n) is 4.95. The van der Waals surface area contributed by atoms with Crippen molar-refractivity contribution >= 4 is 15.8 Å². The van der Waals surface area contributed by atoms with Gasteiger partial charge in [0.1, 0.15) is 12.5 Å². The molecule has 17 heavy (non-hydrogen) atoms. The largest absolute Gasteiger partial charge is 0.374 e. The molecule has 0 aliphatic heterocycles. The van der Waals surface area contributed by atoms with E-state index in [0.29, 0.717) is 5.69 Å². The molecule has 1 rings (SSSR count). The second kappa shape index (κ2) is 5.01. The van der Waals surface area contributed by atoms with E-state index >= 15 is 0 Å². The predicted molar refractivity (Wildman–Crippen MR) is 62.1 cm³/mol. The molecule has 0 saturated carbocycles. The number of nitrogens with zero attached hydrogens (tertiary/aromatic N) is 1. The highest BCUT2D eigenvalue weighted by Gasteiger charge is 2.17. The van der Waals surface area contributed by atoms with Crippen LogP contribution in [0.3, 0.4) is 0 Å². The van der Waals surface area contributed by atoms with Crippen LogP contribution in [-0.4, -0.2) is 35.6 Å². The molecule has 7 heteroatoms. The summed E-state index contributed by atoms with van der Waals surface area (Å²) in [6.45, 7) is 2.95. The van der Waals surface area contributed by atoms with Gasteiger partial charge in [0.05, 0.1) is 4.90 Å². The van der Waals surface area contributed by atoms with E-state index in [1.54, 1.807) is 0 Å². The Balaban J connectivity index is 3.09. The minimum atomic E-state index is -4.23. The number of anilines is 1. The lowest BCUT2D eigenvalue weighted by molar-refractivity contribution is 0.105. The molecule has 1 aromatic rings. The molecule has 96 valence electrons. The molecule has 0 aliphatic rings. The van der Waals surface area contributed by atoms with Crippen LogP contribution in [0.2, 0.25) is 0 Å². The standard InChI is InChI=1S/C10H15NO5S/c1-7(12)11(8(2)13)9-3-5-10(6-4-9)17(14,15)16/h3-8,12-13H,1-2H3,(H,14,15,16). The lowest BCUT2D eigenvalue weighted by Gasteiger charge is -2.30. The van der Waals surface area contributed by atoms with Gasteiger partial charge in [0.15, 0.2) is 0 Å². The molecule has 2 unspecified atom stereocenters. The maximum atomic E-state index is 10.8. The van der Waals surface area contributed by atoms with Crippen LogP contribution in [0.25, 0.3) is 0 Å². The van der Waals surface area contributed by atoms with Gasteiger partial charge < -0.3 is 15.1 Å². The van der Waals surface area contributed by atoms with E-state index in [1.165, 1.54) is 43.0 Å². The van der Waals surface area contributed by atoms with Crippen molar-refractivity contribution in [2.75, 3.05) is 4.90 Å². The second-order valence-electron chi connectivity index (χ2n) is 3.64. The molecule has 3 N–H and O–H groups in total. The van der Waals surface area contributed by atoms with E-state index < -0.39 is 22.6 Å². The summed E-state index contributed by atoms with van der Waals surface area (Å²) in [5, 5.41) is 18.9. The zero-order chi connectivity index (χ0) is 13.2. The molecule has 6 nitrogen and oxygen atoms in total. The van der Waals surface area contributed by atoms with E-state index in [0.717, 1.165) is 0 Å². The molecule has 1 aromatic carbocycles. The normalized spacial score (nSPS) is 15.4. The third-order valence-corrected chi connectivity index (χ3v) is 3.11. The zero-order valence-electron chi connectivity index (χ0n) is 9.48. The van der Waals surface area contributed by atoms with Crippen LogP contribution in [0.15, 0.2) is 29.2 Å².